The van der Waals surface area contributed by atoms with Crippen LogP contribution in [0.15, 0.2) is 11.1 Å². The molecule has 1 saturated heterocycles. The van der Waals surface area contributed by atoms with Gasteiger partial charge < -0.3 is 20.7 Å². The van der Waals surface area contributed by atoms with E-state index in [1.165, 1.54) is 10.9 Å². The molecule has 10 heteroatoms. The van der Waals surface area contributed by atoms with Gasteiger partial charge in [0.2, 0.25) is 5.95 Å². The third kappa shape index (κ3) is 1.86. The summed E-state index contributed by atoms with van der Waals surface area (Å²) in [5.74, 6) is -0.0819. The summed E-state index contributed by atoms with van der Waals surface area (Å²) in [4.78, 5) is 21.9. The number of ether oxygens (including phenoxy) is 1. The van der Waals surface area contributed by atoms with Gasteiger partial charge in [-0.25, -0.2) is 4.98 Å². The monoisotopic (exact) mass is 282 g/mol. The van der Waals surface area contributed by atoms with Crippen molar-refractivity contribution in [2.75, 3.05) is 12.3 Å². The Balaban J connectivity index is 2.13. The van der Waals surface area contributed by atoms with Crippen LogP contribution in [0.25, 0.3) is 11.2 Å². The van der Waals surface area contributed by atoms with Crippen molar-refractivity contribution < 1.29 is 14.9 Å². The number of nitrogen functional groups attached to an aromatic ring is 1. The van der Waals surface area contributed by atoms with Gasteiger partial charge in [0, 0.05) is 6.42 Å². The van der Waals surface area contributed by atoms with Gasteiger partial charge in [-0.15, -0.1) is 0 Å². The predicted molar refractivity (Wildman–Crippen MR) is 67.3 cm³/mol. The Morgan fingerprint density at radius 3 is 3.05 bits per heavy atom. The number of rotatable bonds is 2. The molecule has 0 amide bonds. The molecule has 7 N–H and O–H groups in total. The molecule has 0 unspecified atom stereocenters. The quantitative estimate of drug-likeness (QED) is 0.381. The van der Waals surface area contributed by atoms with Crippen molar-refractivity contribution in [1.29, 1.82) is 0 Å². The summed E-state index contributed by atoms with van der Waals surface area (Å²) >= 11 is 0. The van der Waals surface area contributed by atoms with Gasteiger partial charge in [-0.1, -0.05) is 0 Å². The summed E-state index contributed by atoms with van der Waals surface area (Å²) in [6.07, 6.45) is -0.286. The molecule has 0 aromatic carbocycles. The molecular weight excluding hydrogens is 268 g/mol. The number of hydrogen-bond donors (Lipinski definition) is 5. The Morgan fingerprint density at radius 1 is 1.65 bits per heavy atom. The largest absolute Gasteiger partial charge is 0.394 e. The van der Waals surface area contributed by atoms with E-state index < -0.39 is 23.6 Å². The maximum Gasteiger partial charge on any atom is 0.280 e. The fourth-order valence-electron chi connectivity index (χ4n) is 2.34. The van der Waals surface area contributed by atoms with E-state index in [0.29, 0.717) is 0 Å². The van der Waals surface area contributed by atoms with E-state index in [0.717, 1.165) is 0 Å². The van der Waals surface area contributed by atoms with Crippen LogP contribution in [0.2, 0.25) is 0 Å². The molecule has 10 nitrogen and oxygen atoms in total. The summed E-state index contributed by atoms with van der Waals surface area (Å²) in [7, 11) is 0. The van der Waals surface area contributed by atoms with Crippen molar-refractivity contribution in [2.24, 2.45) is 5.73 Å². The second-order valence-corrected chi connectivity index (χ2v) is 4.76. The molecule has 3 atom stereocenters. The van der Waals surface area contributed by atoms with Crippen molar-refractivity contribution in [1.82, 2.24) is 19.5 Å². The van der Waals surface area contributed by atoms with Crippen molar-refractivity contribution in [3.63, 3.8) is 0 Å². The number of H-pyrrole nitrogens is 1. The molecule has 0 aliphatic carbocycles. The number of aliphatic hydroxyl groups excluding tert-OH is 1. The minimum Gasteiger partial charge on any atom is -0.394 e. The number of aromatic nitrogens is 4. The maximum absolute atomic E-state index is 11.7. The van der Waals surface area contributed by atoms with Crippen molar-refractivity contribution >= 4 is 17.1 Å². The van der Waals surface area contributed by atoms with Gasteiger partial charge in [0.25, 0.3) is 5.56 Å². The lowest BCUT2D eigenvalue weighted by Crippen LogP contribution is -2.44. The number of aliphatic hydroxyl groups is 2. The summed E-state index contributed by atoms with van der Waals surface area (Å²) in [6, 6.07) is 0. The summed E-state index contributed by atoms with van der Waals surface area (Å²) < 4.78 is 6.79. The van der Waals surface area contributed by atoms with Gasteiger partial charge in [-0.2, -0.15) is 4.98 Å². The first-order chi connectivity index (χ1) is 9.42. The third-order valence-corrected chi connectivity index (χ3v) is 3.21. The molecule has 0 saturated carbocycles. The standard InChI is InChI=1S/C10H14N6O4/c11-9-14-6-5(7(18)15-9)13-3-16(6)8-10(12,19)1-4(2-17)20-8/h3-4,8,17,19H,1-2,12H2,(H3,11,14,15,18)/t4-,8+,10+/m0/s1. The number of nitrogens with two attached hydrogens (primary N) is 2. The van der Waals surface area contributed by atoms with E-state index in [4.69, 9.17) is 21.3 Å². The number of hydrogen-bond acceptors (Lipinski definition) is 8. The Bertz CT molecular complexity index is 707. The van der Waals surface area contributed by atoms with Crippen LogP contribution < -0.4 is 17.0 Å². The highest BCUT2D eigenvalue weighted by molar-refractivity contribution is 5.70. The Kier molecular flexibility index (Phi) is 2.76. The van der Waals surface area contributed by atoms with Crippen LogP contribution in [0.5, 0.6) is 0 Å². The van der Waals surface area contributed by atoms with E-state index in [1.807, 2.05) is 0 Å². The zero-order valence-electron chi connectivity index (χ0n) is 10.4. The first kappa shape index (κ1) is 13.0. The number of nitrogens with one attached hydrogen (secondary N) is 1. The highest BCUT2D eigenvalue weighted by atomic mass is 16.5. The van der Waals surface area contributed by atoms with Gasteiger partial charge in [0.1, 0.15) is 0 Å². The fraction of sp³-hybridized carbons (Fsp3) is 0.500. The van der Waals surface area contributed by atoms with Crippen LogP contribution in [0.1, 0.15) is 12.6 Å². The molecule has 20 heavy (non-hydrogen) atoms. The molecule has 0 spiro atoms. The summed E-state index contributed by atoms with van der Waals surface area (Å²) in [5, 5.41) is 19.3. The minimum atomic E-state index is -1.71. The molecule has 1 aliphatic rings. The van der Waals surface area contributed by atoms with E-state index in [9.17, 15) is 9.90 Å². The molecule has 3 heterocycles. The zero-order chi connectivity index (χ0) is 14.5. The molecule has 2 aromatic heterocycles. The lowest BCUT2D eigenvalue weighted by Gasteiger charge is -2.24. The van der Waals surface area contributed by atoms with Gasteiger partial charge in [0.05, 0.1) is 19.0 Å². The van der Waals surface area contributed by atoms with Crippen molar-refractivity contribution in [3.05, 3.63) is 16.7 Å². The fourth-order valence-corrected chi connectivity index (χ4v) is 2.34. The number of fused-ring (bicyclic) bond motifs is 1. The van der Waals surface area contributed by atoms with Gasteiger partial charge in [-0.3, -0.25) is 20.1 Å². The molecule has 108 valence electrons. The first-order valence-electron chi connectivity index (χ1n) is 5.92. The Hall–Kier alpha value is -2.01. The zero-order valence-corrected chi connectivity index (χ0v) is 10.4. The van der Waals surface area contributed by atoms with Gasteiger partial charge in [-0.05, 0) is 0 Å². The molecule has 0 radical (unpaired) electrons. The topological polar surface area (TPSA) is 165 Å². The van der Waals surface area contributed by atoms with Gasteiger partial charge in [0.15, 0.2) is 23.1 Å². The minimum absolute atomic E-state index is 0.0481. The predicted octanol–water partition coefficient (Wildman–Crippen LogP) is -2.37. The average Bonchev–Trinajstić information content (AvgIpc) is 2.89. The third-order valence-electron chi connectivity index (χ3n) is 3.21. The second kappa shape index (κ2) is 4.24. The summed E-state index contributed by atoms with van der Waals surface area (Å²) in [6.45, 7) is -0.279. The molecule has 1 aliphatic heterocycles. The van der Waals surface area contributed by atoms with Gasteiger partial charge >= 0.3 is 0 Å². The maximum atomic E-state index is 11.7. The second-order valence-electron chi connectivity index (χ2n) is 4.76. The highest BCUT2D eigenvalue weighted by Crippen LogP contribution is 2.35. The lowest BCUT2D eigenvalue weighted by molar-refractivity contribution is -0.0910. The van der Waals surface area contributed by atoms with Crippen LogP contribution in [-0.4, -0.2) is 48.2 Å². The normalized spacial score (nSPS) is 30.1. The smallest absolute Gasteiger partial charge is 0.280 e. The van der Waals surface area contributed by atoms with Crippen LogP contribution in [0, 0.1) is 0 Å². The Labute approximate surface area is 112 Å². The molecule has 1 fully saturated rings. The average molecular weight is 282 g/mol. The Morgan fingerprint density at radius 2 is 2.40 bits per heavy atom. The highest BCUT2D eigenvalue weighted by Gasteiger charge is 2.46. The molecule has 2 aromatic rings. The molecular formula is C10H14N6O4. The number of imidazole rings is 1. The van der Waals surface area contributed by atoms with Crippen molar-refractivity contribution in [2.45, 2.75) is 24.5 Å². The molecule has 3 rings (SSSR count). The number of anilines is 1. The summed E-state index contributed by atoms with van der Waals surface area (Å²) in [5.41, 5.74) is 9.27. The first-order valence-corrected chi connectivity index (χ1v) is 5.92. The number of aromatic amines is 1. The van der Waals surface area contributed by atoms with E-state index in [-0.39, 0.29) is 30.1 Å². The lowest BCUT2D eigenvalue weighted by atomic mass is 10.1. The van der Waals surface area contributed by atoms with Crippen LogP contribution >= 0.6 is 0 Å². The van der Waals surface area contributed by atoms with Crippen molar-refractivity contribution in [3.8, 4) is 0 Å². The van der Waals surface area contributed by atoms with Crippen LogP contribution in [0.3, 0.4) is 0 Å². The van der Waals surface area contributed by atoms with E-state index >= 15 is 0 Å². The van der Waals surface area contributed by atoms with Crippen LogP contribution in [0.4, 0.5) is 5.95 Å². The number of nitrogens with zero attached hydrogens (tertiary/aromatic N) is 3. The molecule has 0 bridgehead atoms. The van der Waals surface area contributed by atoms with Crippen LogP contribution in [-0.2, 0) is 4.74 Å². The SMILES string of the molecule is Nc1nc2c(ncn2[C@@H]2O[C@H](CO)C[C@@]2(N)O)c(=O)[nH]1. The van der Waals surface area contributed by atoms with E-state index in [1.54, 1.807) is 0 Å². The van der Waals surface area contributed by atoms with E-state index in [2.05, 4.69) is 15.0 Å².